The highest BCUT2D eigenvalue weighted by molar-refractivity contribution is 7.00. The molecule has 0 radical (unpaired) electrons. The summed E-state index contributed by atoms with van der Waals surface area (Å²) in [6.07, 6.45) is 0. The zero-order valence-electron chi connectivity index (χ0n) is 38.9. The summed E-state index contributed by atoms with van der Waals surface area (Å²) >= 11 is 0. The Hall–Kier alpha value is -7.05. The molecule has 7 aromatic carbocycles. The number of rotatable bonds is 5. The molecule has 2 aliphatic rings. The molecule has 0 fully saturated rings. The van der Waals surface area contributed by atoms with E-state index in [2.05, 4.69) is 247 Å². The normalized spacial score (nSPS) is 13.5. The second-order valence-corrected chi connectivity index (χ2v) is 20.9. The number of benzene rings is 7. The SMILES string of the molecule is CC(C)(C)c1ccc(N(c2ccc(C(C)(C)C)cc2)c2ccc3c(n2)N(c2cccc4c2oc2ccccc24)c2cc(C(C)(C)C)cc4c2B3c2ccccc2N4c2ccccc2)cc1. The first-order chi connectivity index (χ1) is 31.1. The van der Waals surface area contributed by atoms with Crippen molar-refractivity contribution in [3.8, 4) is 0 Å². The lowest BCUT2D eigenvalue weighted by Crippen LogP contribution is -2.61. The third-order valence-electron chi connectivity index (χ3n) is 13.5. The highest BCUT2D eigenvalue weighted by Crippen LogP contribution is 2.49. The minimum atomic E-state index is -0.165. The molecule has 0 amide bonds. The zero-order valence-corrected chi connectivity index (χ0v) is 38.9. The van der Waals surface area contributed by atoms with Crippen LogP contribution in [0, 0.1) is 0 Å². The number of fused-ring (bicyclic) bond motifs is 7. The molecule has 11 rings (SSSR count). The Balaban J connectivity index is 1.23. The van der Waals surface area contributed by atoms with Crippen molar-refractivity contribution in [1.29, 1.82) is 0 Å². The van der Waals surface area contributed by atoms with Gasteiger partial charge in [-0.25, -0.2) is 4.98 Å². The molecule has 9 aromatic rings. The standard InChI is InChI=1S/C59H55BN4O/c1-57(2,3)38-26-30-42(31-27-38)62(43-32-28-39(29-33-43)58(4,5)6)53-35-34-47-56(61-53)64(49-24-17-21-45-44-20-13-16-25-52(44)65-55(45)49)51-37-40(59(7,8)9)36-50-54(51)60(47)46-22-14-15-23-48(46)63(50)41-18-11-10-12-19-41/h10-37H,1-9H3. The molecule has 2 aromatic heterocycles. The van der Waals surface area contributed by atoms with Crippen LogP contribution < -0.4 is 31.1 Å². The van der Waals surface area contributed by atoms with Crippen molar-refractivity contribution in [3.63, 3.8) is 0 Å². The highest BCUT2D eigenvalue weighted by Gasteiger charge is 2.45. The first-order valence-corrected chi connectivity index (χ1v) is 23.0. The monoisotopic (exact) mass is 846 g/mol. The topological polar surface area (TPSA) is 35.8 Å². The van der Waals surface area contributed by atoms with Gasteiger partial charge in [0.05, 0.1) is 5.69 Å². The number of para-hydroxylation sites is 4. The predicted octanol–water partition coefficient (Wildman–Crippen LogP) is 14.4. The fourth-order valence-electron chi connectivity index (χ4n) is 10.00. The van der Waals surface area contributed by atoms with Gasteiger partial charge in [0, 0.05) is 44.9 Å². The summed E-state index contributed by atoms with van der Waals surface area (Å²) in [5, 5.41) is 2.17. The van der Waals surface area contributed by atoms with Gasteiger partial charge in [0.15, 0.2) is 5.58 Å². The van der Waals surface area contributed by atoms with Crippen molar-refractivity contribution in [2.24, 2.45) is 0 Å². The van der Waals surface area contributed by atoms with Crippen molar-refractivity contribution < 1.29 is 4.42 Å². The van der Waals surface area contributed by atoms with Crippen molar-refractivity contribution >= 4 is 96.5 Å². The highest BCUT2D eigenvalue weighted by atomic mass is 16.3. The van der Waals surface area contributed by atoms with E-state index < -0.39 is 0 Å². The summed E-state index contributed by atoms with van der Waals surface area (Å²) in [4.78, 5) is 13.1. The number of nitrogens with zero attached hydrogens (tertiary/aromatic N) is 4. The molecule has 0 atom stereocenters. The molecule has 0 saturated carbocycles. The number of furan rings is 1. The molecule has 0 aliphatic carbocycles. The fraction of sp³-hybridized carbons (Fsp3) is 0.203. The summed E-state index contributed by atoms with van der Waals surface area (Å²) in [5.74, 6) is 1.72. The summed E-state index contributed by atoms with van der Waals surface area (Å²) in [7, 11) is 0. The van der Waals surface area contributed by atoms with Gasteiger partial charge in [-0.2, -0.15) is 0 Å². The largest absolute Gasteiger partial charge is 0.454 e. The molecule has 0 N–H and O–H groups in total. The van der Waals surface area contributed by atoms with Crippen LogP contribution in [-0.4, -0.2) is 11.7 Å². The van der Waals surface area contributed by atoms with E-state index in [0.29, 0.717) is 0 Å². The molecule has 5 nitrogen and oxygen atoms in total. The van der Waals surface area contributed by atoms with Crippen LogP contribution >= 0.6 is 0 Å². The van der Waals surface area contributed by atoms with Gasteiger partial charge in [0.1, 0.15) is 17.2 Å². The van der Waals surface area contributed by atoms with E-state index in [-0.39, 0.29) is 23.0 Å². The summed E-state index contributed by atoms with van der Waals surface area (Å²) in [5.41, 5.74) is 16.7. The van der Waals surface area contributed by atoms with Gasteiger partial charge in [-0.3, -0.25) is 9.80 Å². The minimum absolute atomic E-state index is 0.0183. The van der Waals surface area contributed by atoms with E-state index in [0.717, 1.165) is 67.5 Å². The van der Waals surface area contributed by atoms with Crippen molar-refractivity contribution in [1.82, 2.24) is 4.98 Å². The van der Waals surface area contributed by atoms with Gasteiger partial charge in [-0.05, 0) is 122 Å². The van der Waals surface area contributed by atoms with E-state index in [9.17, 15) is 0 Å². The molecule has 0 unspecified atom stereocenters. The van der Waals surface area contributed by atoms with Gasteiger partial charge in [0.25, 0.3) is 6.71 Å². The number of hydrogen-bond donors (Lipinski definition) is 0. The second-order valence-electron chi connectivity index (χ2n) is 20.9. The predicted molar refractivity (Wildman–Crippen MR) is 276 cm³/mol. The maximum Gasteiger partial charge on any atom is 0.254 e. The van der Waals surface area contributed by atoms with Crippen LogP contribution in [-0.2, 0) is 16.2 Å². The zero-order chi connectivity index (χ0) is 45.0. The molecule has 0 saturated heterocycles. The Bertz CT molecular complexity index is 3220. The molecular weight excluding hydrogens is 791 g/mol. The molecule has 0 bridgehead atoms. The third-order valence-corrected chi connectivity index (χ3v) is 13.5. The maximum absolute atomic E-state index is 6.91. The molecule has 2 aliphatic heterocycles. The van der Waals surface area contributed by atoms with Gasteiger partial charge in [-0.1, -0.05) is 159 Å². The maximum atomic E-state index is 6.91. The van der Waals surface area contributed by atoms with E-state index in [4.69, 9.17) is 9.40 Å². The smallest absolute Gasteiger partial charge is 0.254 e. The van der Waals surface area contributed by atoms with Crippen molar-refractivity contribution in [3.05, 3.63) is 187 Å². The first-order valence-electron chi connectivity index (χ1n) is 23.0. The Kier molecular flexibility index (Phi) is 9.24. The summed E-state index contributed by atoms with van der Waals surface area (Å²) in [6.45, 7) is 20.5. The van der Waals surface area contributed by atoms with E-state index in [1.54, 1.807) is 0 Å². The number of hydrogen-bond acceptors (Lipinski definition) is 5. The third kappa shape index (κ3) is 6.72. The Morgan fingerprint density at radius 3 is 1.66 bits per heavy atom. The van der Waals surface area contributed by atoms with Crippen molar-refractivity contribution in [2.45, 2.75) is 78.6 Å². The summed E-state index contributed by atoms with van der Waals surface area (Å²) < 4.78 is 6.91. The fourth-order valence-corrected chi connectivity index (χ4v) is 10.00. The molecular formula is C59H55BN4O. The van der Waals surface area contributed by atoms with Crippen LogP contribution in [0.15, 0.2) is 174 Å². The Morgan fingerprint density at radius 1 is 0.462 bits per heavy atom. The van der Waals surface area contributed by atoms with Crippen LogP contribution in [0.4, 0.5) is 51.4 Å². The number of aromatic nitrogens is 1. The van der Waals surface area contributed by atoms with Crippen LogP contribution in [0.1, 0.15) is 79.0 Å². The first kappa shape index (κ1) is 40.7. The lowest BCUT2D eigenvalue weighted by atomic mass is 9.33. The quantitative estimate of drug-likeness (QED) is 0.161. The number of pyridine rings is 1. The number of anilines is 9. The van der Waals surface area contributed by atoms with Gasteiger partial charge >= 0.3 is 0 Å². The van der Waals surface area contributed by atoms with Crippen LogP contribution in [0.3, 0.4) is 0 Å². The van der Waals surface area contributed by atoms with E-state index in [1.807, 2.05) is 0 Å². The summed E-state index contributed by atoms with van der Waals surface area (Å²) in [6, 6.07) is 62.2. The average Bonchev–Trinajstić information content (AvgIpc) is 3.68. The van der Waals surface area contributed by atoms with Crippen LogP contribution in [0.2, 0.25) is 0 Å². The van der Waals surface area contributed by atoms with E-state index >= 15 is 0 Å². The van der Waals surface area contributed by atoms with Gasteiger partial charge in [0.2, 0.25) is 0 Å². The molecule has 65 heavy (non-hydrogen) atoms. The van der Waals surface area contributed by atoms with Gasteiger partial charge < -0.3 is 9.32 Å². The lowest BCUT2D eigenvalue weighted by Gasteiger charge is -2.44. The van der Waals surface area contributed by atoms with Crippen LogP contribution in [0.5, 0.6) is 0 Å². The Labute approximate surface area is 384 Å². The Morgan fingerprint density at radius 2 is 1.02 bits per heavy atom. The molecule has 0 spiro atoms. The average molecular weight is 847 g/mol. The molecule has 320 valence electrons. The minimum Gasteiger partial charge on any atom is -0.454 e. The molecule has 4 heterocycles. The van der Waals surface area contributed by atoms with Gasteiger partial charge in [-0.15, -0.1) is 0 Å². The lowest BCUT2D eigenvalue weighted by molar-refractivity contribution is 0.590. The van der Waals surface area contributed by atoms with Crippen molar-refractivity contribution in [2.75, 3.05) is 14.7 Å². The van der Waals surface area contributed by atoms with Crippen LogP contribution in [0.25, 0.3) is 21.9 Å². The second kappa shape index (κ2) is 14.7. The van der Waals surface area contributed by atoms with E-state index in [1.165, 1.54) is 39.0 Å². The molecule has 6 heteroatoms.